The molecule has 12 heavy (non-hydrogen) atoms. The van der Waals surface area contributed by atoms with E-state index in [2.05, 4.69) is 38.8 Å². The van der Waals surface area contributed by atoms with Crippen molar-refractivity contribution in [1.29, 1.82) is 0 Å². The third-order valence-electron chi connectivity index (χ3n) is 1.34. The average Bonchev–Trinajstić information content (AvgIpc) is 1.99. The highest BCUT2D eigenvalue weighted by Crippen LogP contribution is 2.33. The van der Waals surface area contributed by atoms with E-state index in [1.54, 1.807) is 0 Å². The Hall–Kier alpha value is -0.350. The van der Waals surface area contributed by atoms with Gasteiger partial charge in [-0.25, -0.2) is 0 Å². The zero-order valence-corrected chi connectivity index (χ0v) is 9.15. The van der Waals surface area contributed by atoms with Crippen molar-refractivity contribution in [1.82, 2.24) is 0 Å². The highest BCUT2D eigenvalue weighted by atomic mass is 79.9. The van der Waals surface area contributed by atoms with Crippen LogP contribution in [0.1, 0.15) is 10.4 Å². The van der Waals surface area contributed by atoms with Crippen LogP contribution in [0.5, 0.6) is 5.75 Å². The van der Waals surface area contributed by atoms with Crippen LogP contribution in [0.3, 0.4) is 0 Å². The van der Waals surface area contributed by atoms with Crippen LogP contribution in [-0.4, -0.2) is 10.9 Å². The fraction of sp³-hybridized carbons (Fsp3) is 0. The molecule has 0 saturated carbocycles. The fourth-order valence-electron chi connectivity index (χ4n) is 0.727. The summed E-state index contributed by atoms with van der Waals surface area (Å²) < 4.78 is 0.952. The predicted octanol–water partition coefficient (Wildman–Crippen LogP) is 2.93. The SMILES string of the molecule is [CH2]C(=O)c1cc(Br)c(O)c(Br)c1. The second-order valence-electron chi connectivity index (χ2n) is 2.21. The van der Waals surface area contributed by atoms with Crippen molar-refractivity contribution in [3.05, 3.63) is 33.6 Å². The lowest BCUT2D eigenvalue weighted by Gasteiger charge is -2.02. The van der Waals surface area contributed by atoms with Gasteiger partial charge in [-0.05, 0) is 44.0 Å². The standard InChI is InChI=1S/C8H5Br2O2/c1-4(11)5-2-6(9)8(12)7(10)3-5/h2-3,12H,1H2. The number of carbonyl (C=O) groups excluding carboxylic acids is 1. The van der Waals surface area contributed by atoms with E-state index in [-0.39, 0.29) is 11.5 Å². The van der Waals surface area contributed by atoms with Gasteiger partial charge in [0.1, 0.15) is 5.75 Å². The van der Waals surface area contributed by atoms with Crippen molar-refractivity contribution in [3.63, 3.8) is 0 Å². The maximum Gasteiger partial charge on any atom is 0.163 e. The van der Waals surface area contributed by atoms with Crippen LogP contribution in [0.2, 0.25) is 0 Å². The Morgan fingerprint density at radius 3 is 2.08 bits per heavy atom. The molecule has 0 spiro atoms. The summed E-state index contributed by atoms with van der Waals surface area (Å²) >= 11 is 6.21. The summed E-state index contributed by atoms with van der Waals surface area (Å²) in [5, 5.41) is 9.29. The molecule has 0 saturated heterocycles. The van der Waals surface area contributed by atoms with Crippen LogP contribution in [0, 0.1) is 6.92 Å². The quantitative estimate of drug-likeness (QED) is 0.808. The molecule has 1 radical (unpaired) electrons. The summed E-state index contributed by atoms with van der Waals surface area (Å²) in [6, 6.07) is 3.05. The molecule has 63 valence electrons. The van der Waals surface area contributed by atoms with Gasteiger partial charge in [-0.3, -0.25) is 4.79 Å². The van der Waals surface area contributed by atoms with E-state index in [0.717, 1.165) is 0 Å². The van der Waals surface area contributed by atoms with Crippen molar-refractivity contribution in [2.75, 3.05) is 0 Å². The Bertz CT molecular complexity index is 311. The van der Waals surface area contributed by atoms with Gasteiger partial charge in [0.2, 0.25) is 0 Å². The zero-order valence-electron chi connectivity index (χ0n) is 5.97. The van der Waals surface area contributed by atoms with Crippen molar-refractivity contribution < 1.29 is 9.90 Å². The third-order valence-corrected chi connectivity index (χ3v) is 2.55. The van der Waals surface area contributed by atoms with Gasteiger partial charge in [0, 0.05) is 12.5 Å². The topological polar surface area (TPSA) is 37.3 Å². The first-order valence-electron chi connectivity index (χ1n) is 3.06. The first-order chi connectivity index (χ1) is 5.52. The minimum absolute atomic E-state index is 0.0833. The number of aromatic hydroxyl groups is 1. The van der Waals surface area contributed by atoms with Gasteiger partial charge in [-0.15, -0.1) is 0 Å². The Morgan fingerprint density at radius 1 is 1.33 bits per heavy atom. The Kier molecular flexibility index (Phi) is 2.90. The lowest BCUT2D eigenvalue weighted by molar-refractivity contribution is 0.104. The molecule has 0 aliphatic heterocycles. The Balaban J connectivity index is 3.31. The molecule has 2 nitrogen and oxygen atoms in total. The summed E-state index contributed by atoms with van der Waals surface area (Å²) in [6.07, 6.45) is 0. The van der Waals surface area contributed by atoms with Crippen molar-refractivity contribution in [2.45, 2.75) is 0 Å². The number of hydrogen-bond donors (Lipinski definition) is 1. The summed E-state index contributed by atoms with van der Waals surface area (Å²) in [6.45, 7) is 3.26. The second-order valence-corrected chi connectivity index (χ2v) is 3.92. The van der Waals surface area contributed by atoms with Crippen molar-refractivity contribution in [2.24, 2.45) is 0 Å². The smallest absolute Gasteiger partial charge is 0.163 e. The monoisotopic (exact) mass is 291 g/mol. The third kappa shape index (κ3) is 1.87. The lowest BCUT2D eigenvalue weighted by Crippen LogP contribution is -1.92. The first-order valence-corrected chi connectivity index (χ1v) is 4.65. The van der Waals surface area contributed by atoms with Gasteiger partial charge in [0.05, 0.1) is 8.95 Å². The van der Waals surface area contributed by atoms with Crippen LogP contribution >= 0.6 is 31.9 Å². The number of Topliss-reactive ketones (excluding diaryl/α,β-unsaturated/α-hetero) is 1. The minimum atomic E-state index is -0.281. The molecule has 0 amide bonds. The number of phenols is 1. The van der Waals surface area contributed by atoms with E-state index in [1.807, 2.05) is 0 Å². The Labute approximate surface area is 86.9 Å². The summed E-state index contributed by atoms with van der Waals surface area (Å²) in [7, 11) is 0. The maximum absolute atomic E-state index is 10.8. The summed E-state index contributed by atoms with van der Waals surface area (Å²) in [5.41, 5.74) is 0.451. The van der Waals surface area contributed by atoms with E-state index in [9.17, 15) is 9.90 Å². The molecular formula is C8H5Br2O2. The first kappa shape index (κ1) is 9.74. The van der Waals surface area contributed by atoms with Gasteiger partial charge in [-0.1, -0.05) is 0 Å². The zero-order chi connectivity index (χ0) is 9.30. The molecule has 0 atom stereocenters. The number of benzene rings is 1. The van der Waals surface area contributed by atoms with Gasteiger partial charge < -0.3 is 5.11 Å². The molecule has 1 N–H and O–H groups in total. The van der Waals surface area contributed by atoms with E-state index >= 15 is 0 Å². The van der Waals surface area contributed by atoms with E-state index in [0.29, 0.717) is 14.5 Å². The van der Waals surface area contributed by atoms with Crippen LogP contribution in [0.25, 0.3) is 0 Å². The number of carbonyl (C=O) groups is 1. The van der Waals surface area contributed by atoms with E-state index < -0.39 is 0 Å². The molecule has 0 fully saturated rings. The fourth-order valence-corrected chi connectivity index (χ4v) is 1.91. The highest BCUT2D eigenvalue weighted by Gasteiger charge is 2.07. The predicted molar refractivity (Wildman–Crippen MR) is 53.2 cm³/mol. The van der Waals surface area contributed by atoms with Gasteiger partial charge in [-0.2, -0.15) is 0 Å². The van der Waals surface area contributed by atoms with E-state index in [1.165, 1.54) is 12.1 Å². The molecule has 0 aliphatic carbocycles. The summed E-state index contributed by atoms with van der Waals surface area (Å²) in [4.78, 5) is 10.8. The van der Waals surface area contributed by atoms with Crippen LogP contribution < -0.4 is 0 Å². The number of halogens is 2. The molecule has 1 rings (SSSR count). The van der Waals surface area contributed by atoms with Crippen LogP contribution in [0.15, 0.2) is 21.1 Å². The van der Waals surface area contributed by atoms with Gasteiger partial charge in [0.25, 0.3) is 0 Å². The lowest BCUT2D eigenvalue weighted by atomic mass is 10.1. The van der Waals surface area contributed by atoms with Crippen molar-refractivity contribution in [3.8, 4) is 5.75 Å². The van der Waals surface area contributed by atoms with E-state index in [4.69, 9.17) is 0 Å². The molecule has 4 heteroatoms. The van der Waals surface area contributed by atoms with Crippen molar-refractivity contribution >= 4 is 37.6 Å². The molecule has 0 aliphatic rings. The number of phenolic OH excluding ortho intramolecular Hbond substituents is 1. The normalized spacial score (nSPS) is 9.92. The largest absolute Gasteiger partial charge is 0.506 e. The number of ketones is 1. The molecule has 1 aromatic rings. The molecule has 0 bridgehead atoms. The molecule has 1 aromatic carbocycles. The van der Waals surface area contributed by atoms with Gasteiger partial charge in [0.15, 0.2) is 5.78 Å². The Morgan fingerprint density at radius 2 is 1.75 bits per heavy atom. The van der Waals surface area contributed by atoms with Crippen LogP contribution in [0.4, 0.5) is 0 Å². The summed E-state index contributed by atoms with van der Waals surface area (Å²) in [5.74, 6) is -0.198. The van der Waals surface area contributed by atoms with Gasteiger partial charge >= 0.3 is 0 Å². The average molecular weight is 293 g/mol. The molecule has 0 heterocycles. The highest BCUT2D eigenvalue weighted by molar-refractivity contribution is 9.11. The second kappa shape index (κ2) is 3.58. The molecule has 0 aromatic heterocycles. The van der Waals surface area contributed by atoms with Crippen LogP contribution in [-0.2, 0) is 0 Å². The molecule has 0 unspecified atom stereocenters. The minimum Gasteiger partial charge on any atom is -0.506 e. The number of rotatable bonds is 1. The maximum atomic E-state index is 10.8. The number of hydrogen-bond acceptors (Lipinski definition) is 2. The molecular weight excluding hydrogens is 288 g/mol.